The van der Waals surface area contributed by atoms with E-state index >= 15 is 0 Å². The Morgan fingerprint density at radius 3 is 1.38 bits per heavy atom. The molecule has 0 aliphatic heterocycles. The minimum atomic E-state index is -3.79. The lowest BCUT2D eigenvalue weighted by Crippen LogP contribution is -2.12. The van der Waals surface area contributed by atoms with E-state index < -0.39 is 20.0 Å². The molecule has 0 saturated heterocycles. The van der Waals surface area contributed by atoms with Crippen molar-refractivity contribution in [1.29, 1.82) is 0 Å². The molecule has 0 spiro atoms. The molecule has 200 valence electrons. The molecular weight excluding hydrogens is 606 g/mol. The maximum atomic E-state index is 12.5. The normalized spacial score (nSPS) is 11.6. The maximum absolute atomic E-state index is 12.5. The van der Waals surface area contributed by atoms with Crippen LogP contribution < -0.4 is 20.1 Å². The highest BCUT2D eigenvalue weighted by molar-refractivity contribution is 7.93. The Balaban J connectivity index is 1.26. The molecule has 5 rings (SSSR count). The Labute approximate surface area is 235 Å². The molecule has 0 saturated carbocycles. The monoisotopic (exact) mass is 621 g/mol. The van der Waals surface area contributed by atoms with Gasteiger partial charge in [-0.05, 0) is 60.1 Å². The molecule has 0 unspecified atom stereocenters. The first-order valence-electron chi connectivity index (χ1n) is 10.7. The Morgan fingerprint density at radius 1 is 0.615 bits per heavy atom. The molecule has 13 nitrogen and oxygen atoms in total. The fourth-order valence-electron chi connectivity index (χ4n) is 3.05. The second kappa shape index (κ2) is 11.1. The highest BCUT2D eigenvalue weighted by atomic mass is 35.5. The third-order valence-corrected chi connectivity index (χ3v) is 9.27. The second-order valence-electron chi connectivity index (χ2n) is 7.44. The first kappa shape index (κ1) is 26.7. The van der Waals surface area contributed by atoms with E-state index in [4.69, 9.17) is 11.6 Å². The third-order valence-electron chi connectivity index (χ3n) is 4.76. The van der Waals surface area contributed by atoms with Crippen LogP contribution in [0.4, 0.5) is 33.5 Å². The lowest BCUT2D eigenvalue weighted by Gasteiger charge is -2.10. The van der Waals surface area contributed by atoms with Gasteiger partial charge in [-0.25, -0.2) is 26.8 Å². The molecule has 0 aliphatic carbocycles. The summed E-state index contributed by atoms with van der Waals surface area (Å²) in [6.07, 6.45) is 3.00. The van der Waals surface area contributed by atoms with Crippen molar-refractivity contribution >= 4 is 87.9 Å². The molecule has 39 heavy (non-hydrogen) atoms. The van der Waals surface area contributed by atoms with Gasteiger partial charge in [0.2, 0.25) is 17.2 Å². The summed E-state index contributed by atoms with van der Waals surface area (Å²) < 4.78 is 54.9. The van der Waals surface area contributed by atoms with E-state index in [-0.39, 0.29) is 37.2 Å². The standard InChI is InChI=1S/C21H16ClN9O4S4/c22-17-27-18(25-13-1-5-15(6-2-13)38(32,33)30-20-23-9-11-36-20)29-19(28-17)26-14-3-7-16(8-4-14)39(34,35)31-21-24-10-12-37-21/h1-12H,(H,23,30)(H,24,31)(H2,25,26,27,28,29). The van der Waals surface area contributed by atoms with Crippen LogP contribution in [0.1, 0.15) is 0 Å². The van der Waals surface area contributed by atoms with E-state index in [1.54, 1.807) is 35.0 Å². The summed E-state index contributed by atoms with van der Waals surface area (Å²) in [7, 11) is -7.59. The predicted molar refractivity (Wildman–Crippen MR) is 150 cm³/mol. The molecule has 5 aromatic rings. The Bertz CT molecular complexity index is 1650. The third kappa shape index (κ3) is 6.76. The van der Waals surface area contributed by atoms with Gasteiger partial charge in [-0.1, -0.05) is 0 Å². The zero-order chi connectivity index (χ0) is 27.5. The summed E-state index contributed by atoms with van der Waals surface area (Å²) >= 11 is 8.40. The van der Waals surface area contributed by atoms with Crippen LogP contribution >= 0.6 is 34.3 Å². The van der Waals surface area contributed by atoms with Crippen LogP contribution in [-0.2, 0) is 20.0 Å². The molecule has 2 aromatic carbocycles. The zero-order valence-electron chi connectivity index (χ0n) is 19.3. The van der Waals surface area contributed by atoms with Gasteiger partial charge in [0.05, 0.1) is 9.79 Å². The molecule has 18 heteroatoms. The van der Waals surface area contributed by atoms with Crippen LogP contribution in [0.15, 0.2) is 81.5 Å². The van der Waals surface area contributed by atoms with E-state index in [1.807, 2.05) is 0 Å². The van der Waals surface area contributed by atoms with Crippen molar-refractivity contribution in [2.75, 3.05) is 20.1 Å². The fraction of sp³-hybridized carbons (Fsp3) is 0. The van der Waals surface area contributed by atoms with Gasteiger partial charge < -0.3 is 10.6 Å². The average molecular weight is 622 g/mol. The first-order chi connectivity index (χ1) is 18.7. The second-order valence-corrected chi connectivity index (χ2v) is 12.9. The van der Waals surface area contributed by atoms with Gasteiger partial charge in [0.25, 0.3) is 20.0 Å². The number of hydrogen-bond acceptors (Lipinski definition) is 13. The minimum absolute atomic E-state index is 0.0478. The fourth-order valence-corrected chi connectivity index (χ4v) is 6.79. The Morgan fingerprint density at radius 2 is 1.03 bits per heavy atom. The zero-order valence-corrected chi connectivity index (χ0v) is 23.3. The van der Waals surface area contributed by atoms with Gasteiger partial charge in [0, 0.05) is 34.5 Å². The number of halogens is 1. The summed E-state index contributed by atoms with van der Waals surface area (Å²) in [5.74, 6) is 0.196. The molecule has 0 bridgehead atoms. The summed E-state index contributed by atoms with van der Waals surface area (Å²) in [5, 5.41) is 9.63. The minimum Gasteiger partial charge on any atom is -0.324 e. The van der Waals surface area contributed by atoms with Crippen molar-refractivity contribution in [3.63, 3.8) is 0 Å². The predicted octanol–water partition coefficient (Wildman–Crippen LogP) is 4.53. The van der Waals surface area contributed by atoms with Crippen molar-refractivity contribution in [2.45, 2.75) is 9.79 Å². The largest absolute Gasteiger partial charge is 0.324 e. The van der Waals surface area contributed by atoms with Gasteiger partial charge in [-0.15, -0.1) is 22.7 Å². The molecule has 3 heterocycles. The van der Waals surface area contributed by atoms with E-state index in [9.17, 15) is 16.8 Å². The smallest absolute Gasteiger partial charge is 0.263 e. The van der Waals surface area contributed by atoms with Crippen LogP contribution in [0.3, 0.4) is 0 Å². The summed E-state index contributed by atoms with van der Waals surface area (Å²) in [4.78, 5) is 20.3. The number of sulfonamides is 2. The molecule has 0 fully saturated rings. The van der Waals surface area contributed by atoms with Gasteiger partial charge in [-0.2, -0.15) is 15.0 Å². The molecular formula is C21H16ClN9O4S4. The highest BCUT2D eigenvalue weighted by Gasteiger charge is 2.17. The van der Waals surface area contributed by atoms with Crippen LogP contribution in [-0.4, -0.2) is 41.8 Å². The van der Waals surface area contributed by atoms with Crippen molar-refractivity contribution in [3.8, 4) is 0 Å². The van der Waals surface area contributed by atoms with Crippen LogP contribution in [0.2, 0.25) is 5.28 Å². The number of rotatable bonds is 10. The van der Waals surface area contributed by atoms with E-state index in [0.717, 1.165) is 0 Å². The van der Waals surface area contributed by atoms with Crippen LogP contribution in [0.25, 0.3) is 0 Å². The lowest BCUT2D eigenvalue weighted by molar-refractivity contribution is 0.599. The maximum Gasteiger partial charge on any atom is 0.263 e. The van der Waals surface area contributed by atoms with Gasteiger partial charge >= 0.3 is 0 Å². The SMILES string of the molecule is O=S(=O)(Nc1nccs1)c1ccc(Nc2nc(Cl)nc(Nc3ccc(S(=O)(=O)Nc4nccs4)cc3)n2)cc1. The Hall–Kier alpha value is -3.90. The van der Waals surface area contributed by atoms with E-state index in [2.05, 4.69) is 45.0 Å². The Kier molecular flexibility index (Phi) is 7.58. The van der Waals surface area contributed by atoms with Gasteiger partial charge in [-0.3, -0.25) is 9.44 Å². The summed E-state index contributed by atoms with van der Waals surface area (Å²) in [5.41, 5.74) is 0.998. The number of nitrogens with one attached hydrogen (secondary N) is 4. The number of thiazole rings is 2. The average Bonchev–Trinajstić information content (AvgIpc) is 3.58. The summed E-state index contributed by atoms with van der Waals surface area (Å²) in [6.45, 7) is 0. The highest BCUT2D eigenvalue weighted by Crippen LogP contribution is 2.24. The van der Waals surface area contributed by atoms with Crippen molar-refractivity contribution in [3.05, 3.63) is 77.0 Å². The molecule has 0 atom stereocenters. The van der Waals surface area contributed by atoms with Crippen LogP contribution in [0.5, 0.6) is 0 Å². The quantitative estimate of drug-likeness (QED) is 0.172. The first-order valence-corrected chi connectivity index (χ1v) is 15.8. The summed E-state index contributed by atoms with van der Waals surface area (Å²) in [6, 6.07) is 11.8. The molecule has 4 N–H and O–H groups in total. The van der Waals surface area contributed by atoms with E-state index in [1.165, 1.54) is 59.3 Å². The topological polar surface area (TPSA) is 181 Å². The van der Waals surface area contributed by atoms with Crippen molar-refractivity contribution in [2.24, 2.45) is 0 Å². The molecule has 0 aliphatic rings. The number of nitrogens with zero attached hydrogens (tertiary/aromatic N) is 5. The van der Waals surface area contributed by atoms with Crippen LogP contribution in [0, 0.1) is 0 Å². The molecule has 3 aromatic heterocycles. The number of aromatic nitrogens is 5. The van der Waals surface area contributed by atoms with Gasteiger partial charge in [0.15, 0.2) is 10.3 Å². The number of benzene rings is 2. The van der Waals surface area contributed by atoms with E-state index in [0.29, 0.717) is 11.4 Å². The lowest BCUT2D eigenvalue weighted by atomic mass is 10.3. The number of anilines is 6. The van der Waals surface area contributed by atoms with Gasteiger partial charge in [0.1, 0.15) is 0 Å². The van der Waals surface area contributed by atoms with Crippen molar-refractivity contribution < 1.29 is 16.8 Å². The van der Waals surface area contributed by atoms with Crippen molar-refractivity contribution in [1.82, 2.24) is 24.9 Å². The number of hydrogen-bond donors (Lipinski definition) is 4. The molecule has 0 amide bonds. The molecule has 0 radical (unpaired) electrons.